The van der Waals surface area contributed by atoms with Crippen LogP contribution in [0.5, 0.6) is 0 Å². The maximum atomic E-state index is 11.4. The van der Waals surface area contributed by atoms with Crippen LogP contribution in [0.1, 0.15) is 11.6 Å². The minimum absolute atomic E-state index is 0.0925. The van der Waals surface area contributed by atoms with E-state index in [1.165, 1.54) is 6.26 Å². The van der Waals surface area contributed by atoms with Crippen molar-refractivity contribution in [3.8, 4) is 0 Å². The van der Waals surface area contributed by atoms with E-state index in [9.17, 15) is 8.42 Å². The first-order valence-electron chi connectivity index (χ1n) is 5.69. The van der Waals surface area contributed by atoms with Gasteiger partial charge in [0.05, 0.1) is 11.3 Å². The lowest BCUT2D eigenvalue weighted by molar-refractivity contribution is 0.579. The van der Waals surface area contributed by atoms with E-state index in [1.54, 1.807) is 13.2 Å². The van der Waals surface area contributed by atoms with E-state index in [2.05, 4.69) is 10.3 Å². The number of nitrogens with zero attached hydrogens (tertiary/aromatic N) is 1. The third kappa shape index (κ3) is 3.05. The molecule has 1 heterocycles. The molecule has 1 aromatic carbocycles. The lowest BCUT2D eigenvalue weighted by Crippen LogP contribution is -2.24. The maximum Gasteiger partial charge on any atom is 0.149 e. The van der Waals surface area contributed by atoms with E-state index >= 15 is 0 Å². The van der Waals surface area contributed by atoms with E-state index in [0.29, 0.717) is 0 Å². The molecule has 5 heteroatoms. The first kappa shape index (κ1) is 13.0. The summed E-state index contributed by atoms with van der Waals surface area (Å²) in [5.74, 6) is 0.0925. The third-order valence-electron chi connectivity index (χ3n) is 2.85. The Hall–Kier alpha value is -1.46. The van der Waals surface area contributed by atoms with Gasteiger partial charge in [0, 0.05) is 23.9 Å². The fourth-order valence-corrected chi connectivity index (χ4v) is 2.92. The van der Waals surface area contributed by atoms with Crippen molar-refractivity contribution in [1.29, 1.82) is 0 Å². The molecular weight excluding hydrogens is 248 g/mol. The third-order valence-corrected chi connectivity index (χ3v) is 3.79. The topological polar surface area (TPSA) is 59.1 Å². The molecule has 1 aromatic heterocycles. The smallest absolute Gasteiger partial charge is 0.149 e. The van der Waals surface area contributed by atoms with Gasteiger partial charge in [-0.1, -0.05) is 12.1 Å². The van der Waals surface area contributed by atoms with Crippen LogP contribution < -0.4 is 5.32 Å². The number of nitrogens with one attached hydrogen (secondary N) is 1. The van der Waals surface area contributed by atoms with Crippen molar-refractivity contribution in [2.24, 2.45) is 0 Å². The van der Waals surface area contributed by atoms with E-state index in [-0.39, 0.29) is 11.8 Å². The highest BCUT2D eigenvalue weighted by atomic mass is 32.2. The predicted octanol–water partition coefficient (Wildman–Crippen LogP) is 1.54. The Kier molecular flexibility index (Phi) is 3.63. The molecule has 1 atom stereocenters. The zero-order valence-electron chi connectivity index (χ0n) is 10.4. The highest BCUT2D eigenvalue weighted by molar-refractivity contribution is 7.90. The highest BCUT2D eigenvalue weighted by Gasteiger charge is 2.15. The Bertz CT molecular complexity index is 653. The number of rotatable bonds is 4. The van der Waals surface area contributed by atoms with Gasteiger partial charge in [0.2, 0.25) is 0 Å². The molecule has 0 saturated heterocycles. The van der Waals surface area contributed by atoms with Gasteiger partial charge in [-0.2, -0.15) is 0 Å². The standard InChI is InChI=1S/C13H16N2O2S/c1-14-13(9-18(2,16)17)11-5-6-12-10(8-11)4-3-7-15-12/h3-8,13-14H,9H2,1-2H3. The van der Waals surface area contributed by atoms with Gasteiger partial charge in [0.1, 0.15) is 9.84 Å². The average molecular weight is 264 g/mol. The minimum atomic E-state index is -3.01. The second kappa shape index (κ2) is 5.04. The summed E-state index contributed by atoms with van der Waals surface area (Å²) in [5, 5.41) is 4.06. The Morgan fingerprint density at radius 2 is 2.11 bits per heavy atom. The molecule has 0 aliphatic rings. The normalized spacial score (nSPS) is 13.7. The molecule has 1 N–H and O–H groups in total. The maximum absolute atomic E-state index is 11.4. The van der Waals surface area contributed by atoms with Crippen LogP contribution in [0.25, 0.3) is 10.9 Å². The fraction of sp³-hybridized carbons (Fsp3) is 0.308. The molecule has 0 fully saturated rings. The molecule has 0 bridgehead atoms. The summed E-state index contributed by atoms with van der Waals surface area (Å²) in [5.41, 5.74) is 1.87. The van der Waals surface area contributed by atoms with Crippen molar-refractivity contribution in [1.82, 2.24) is 10.3 Å². The second-order valence-electron chi connectivity index (χ2n) is 4.39. The summed E-state index contributed by atoms with van der Waals surface area (Å²) < 4.78 is 22.8. The van der Waals surface area contributed by atoms with Gasteiger partial charge >= 0.3 is 0 Å². The Morgan fingerprint density at radius 1 is 1.33 bits per heavy atom. The van der Waals surface area contributed by atoms with Gasteiger partial charge in [-0.3, -0.25) is 4.98 Å². The average Bonchev–Trinajstić information content (AvgIpc) is 2.34. The number of pyridine rings is 1. The fourth-order valence-electron chi connectivity index (χ4n) is 1.96. The summed E-state index contributed by atoms with van der Waals surface area (Å²) >= 11 is 0. The molecule has 4 nitrogen and oxygen atoms in total. The second-order valence-corrected chi connectivity index (χ2v) is 6.57. The minimum Gasteiger partial charge on any atom is -0.312 e. The van der Waals surface area contributed by atoms with Gasteiger partial charge in [-0.15, -0.1) is 0 Å². The van der Waals surface area contributed by atoms with Crippen LogP contribution in [0.3, 0.4) is 0 Å². The van der Waals surface area contributed by atoms with Crippen molar-refractivity contribution in [2.75, 3.05) is 19.1 Å². The molecule has 96 valence electrons. The van der Waals surface area contributed by atoms with Gasteiger partial charge in [-0.25, -0.2) is 8.42 Å². The van der Waals surface area contributed by atoms with Crippen molar-refractivity contribution >= 4 is 20.7 Å². The summed E-state index contributed by atoms with van der Waals surface area (Å²) in [7, 11) is -1.25. The van der Waals surface area contributed by atoms with Gasteiger partial charge in [-0.05, 0) is 30.8 Å². The SMILES string of the molecule is CNC(CS(C)(=O)=O)c1ccc2ncccc2c1. The number of aromatic nitrogens is 1. The Labute approximate surface area is 107 Å². The van der Waals surface area contributed by atoms with E-state index in [1.807, 2.05) is 30.3 Å². The summed E-state index contributed by atoms with van der Waals surface area (Å²) in [4.78, 5) is 4.24. The molecule has 0 saturated carbocycles. The molecule has 0 aliphatic carbocycles. The predicted molar refractivity (Wildman–Crippen MR) is 73.3 cm³/mol. The number of sulfone groups is 1. The van der Waals surface area contributed by atoms with Crippen LogP contribution in [0.4, 0.5) is 0 Å². The summed E-state index contributed by atoms with van der Waals surface area (Å²) in [6.07, 6.45) is 2.99. The Morgan fingerprint density at radius 3 is 2.78 bits per heavy atom. The van der Waals surface area contributed by atoms with Crippen LogP contribution in [-0.2, 0) is 9.84 Å². The van der Waals surface area contributed by atoms with Crippen molar-refractivity contribution < 1.29 is 8.42 Å². The molecule has 1 unspecified atom stereocenters. The van der Waals surface area contributed by atoms with Gasteiger partial charge in [0.15, 0.2) is 0 Å². The molecule has 2 rings (SSSR count). The quantitative estimate of drug-likeness (QED) is 0.910. The molecule has 0 spiro atoms. The lowest BCUT2D eigenvalue weighted by atomic mass is 10.1. The van der Waals surface area contributed by atoms with Crippen LogP contribution in [0.2, 0.25) is 0 Å². The molecule has 0 radical (unpaired) electrons. The zero-order chi connectivity index (χ0) is 13.2. The van der Waals surface area contributed by atoms with E-state index in [4.69, 9.17) is 0 Å². The van der Waals surface area contributed by atoms with Crippen molar-refractivity contribution in [2.45, 2.75) is 6.04 Å². The van der Waals surface area contributed by atoms with Crippen molar-refractivity contribution in [3.05, 3.63) is 42.1 Å². The van der Waals surface area contributed by atoms with Crippen LogP contribution in [0, 0.1) is 0 Å². The first-order chi connectivity index (χ1) is 8.49. The number of hydrogen-bond donors (Lipinski definition) is 1. The number of benzene rings is 1. The number of hydrogen-bond acceptors (Lipinski definition) is 4. The van der Waals surface area contributed by atoms with Crippen molar-refractivity contribution in [3.63, 3.8) is 0 Å². The molecule has 18 heavy (non-hydrogen) atoms. The van der Waals surface area contributed by atoms with Gasteiger partial charge in [0.25, 0.3) is 0 Å². The number of fused-ring (bicyclic) bond motifs is 1. The van der Waals surface area contributed by atoms with E-state index < -0.39 is 9.84 Å². The Balaban J connectivity index is 2.39. The first-order valence-corrected chi connectivity index (χ1v) is 7.75. The molecule has 0 amide bonds. The van der Waals surface area contributed by atoms with Crippen LogP contribution in [0.15, 0.2) is 36.5 Å². The molecule has 0 aliphatic heterocycles. The largest absolute Gasteiger partial charge is 0.312 e. The monoisotopic (exact) mass is 264 g/mol. The van der Waals surface area contributed by atoms with Gasteiger partial charge < -0.3 is 5.32 Å². The van der Waals surface area contributed by atoms with E-state index in [0.717, 1.165) is 16.5 Å². The molecular formula is C13H16N2O2S. The highest BCUT2D eigenvalue weighted by Crippen LogP contribution is 2.20. The zero-order valence-corrected chi connectivity index (χ0v) is 11.2. The van der Waals surface area contributed by atoms with Crippen LogP contribution in [-0.4, -0.2) is 32.5 Å². The lowest BCUT2D eigenvalue weighted by Gasteiger charge is -2.16. The summed E-state index contributed by atoms with van der Waals surface area (Å²) in [6.45, 7) is 0. The molecule has 2 aromatic rings. The van der Waals surface area contributed by atoms with Crippen LogP contribution >= 0.6 is 0 Å². The summed E-state index contributed by atoms with van der Waals surface area (Å²) in [6, 6.07) is 9.47.